The largest absolute Gasteiger partial charge is 0.325 e. The summed E-state index contributed by atoms with van der Waals surface area (Å²) in [6.45, 7) is 0. The van der Waals surface area contributed by atoms with E-state index in [4.69, 9.17) is 0 Å². The quantitative estimate of drug-likeness (QED) is 0.747. The van der Waals surface area contributed by atoms with Crippen LogP contribution in [0.2, 0.25) is 0 Å². The minimum Gasteiger partial charge on any atom is -0.325 e. The van der Waals surface area contributed by atoms with E-state index in [1.165, 1.54) is 29.3 Å². The van der Waals surface area contributed by atoms with Gasteiger partial charge in [0.1, 0.15) is 17.8 Å². The summed E-state index contributed by atoms with van der Waals surface area (Å²) in [6.07, 6.45) is 3.93. The third kappa shape index (κ3) is 2.13. The highest BCUT2D eigenvalue weighted by molar-refractivity contribution is 5.51. The van der Waals surface area contributed by atoms with Gasteiger partial charge in [0, 0.05) is 6.20 Å². The van der Waals surface area contributed by atoms with Crippen LogP contribution in [0.25, 0.3) is 17.2 Å². The number of rotatable bonds is 2. The molecule has 0 fully saturated rings. The molecule has 1 aromatic carbocycles. The standard InChI is InChI=1S/C12H8FN5O/c13-8-2-1-3-9(4-8)18-12(16-7-17-18)10-5-15-11(19)6-14-10/h1-7H,(H,15,19). The van der Waals surface area contributed by atoms with E-state index in [0.717, 1.165) is 6.20 Å². The van der Waals surface area contributed by atoms with Gasteiger partial charge in [0.2, 0.25) is 0 Å². The number of hydrogen-bond acceptors (Lipinski definition) is 4. The molecular formula is C12H8FN5O. The average molecular weight is 257 g/mol. The summed E-state index contributed by atoms with van der Waals surface area (Å²) >= 11 is 0. The van der Waals surface area contributed by atoms with E-state index in [2.05, 4.69) is 20.1 Å². The molecule has 7 heteroatoms. The molecule has 3 rings (SSSR count). The summed E-state index contributed by atoms with van der Waals surface area (Å²) in [7, 11) is 0. The fraction of sp³-hybridized carbons (Fsp3) is 0. The van der Waals surface area contributed by atoms with Gasteiger partial charge in [-0.25, -0.2) is 19.0 Å². The fourth-order valence-electron chi connectivity index (χ4n) is 1.68. The Morgan fingerprint density at radius 1 is 1.26 bits per heavy atom. The molecule has 0 aliphatic rings. The Balaban J connectivity index is 2.13. The number of benzene rings is 1. The number of halogens is 1. The molecule has 0 saturated heterocycles. The lowest BCUT2D eigenvalue weighted by Gasteiger charge is -2.04. The van der Waals surface area contributed by atoms with Crippen LogP contribution in [-0.2, 0) is 0 Å². The lowest BCUT2D eigenvalue weighted by Crippen LogP contribution is -2.07. The van der Waals surface area contributed by atoms with Crippen molar-refractivity contribution < 1.29 is 4.39 Å². The van der Waals surface area contributed by atoms with Crippen molar-refractivity contribution in [3.8, 4) is 17.2 Å². The first-order chi connectivity index (χ1) is 9.24. The summed E-state index contributed by atoms with van der Waals surface area (Å²) in [6, 6.07) is 5.96. The minimum atomic E-state index is -0.367. The molecule has 3 aromatic rings. The molecule has 0 bridgehead atoms. The van der Waals surface area contributed by atoms with E-state index >= 15 is 0 Å². The highest BCUT2D eigenvalue weighted by Crippen LogP contribution is 2.17. The van der Waals surface area contributed by atoms with Gasteiger partial charge >= 0.3 is 0 Å². The predicted octanol–water partition coefficient (Wildman–Crippen LogP) is 1.16. The number of aromatic amines is 1. The molecule has 6 nitrogen and oxygen atoms in total. The first-order valence-electron chi connectivity index (χ1n) is 5.45. The lowest BCUT2D eigenvalue weighted by molar-refractivity contribution is 0.625. The minimum absolute atomic E-state index is 0.305. The zero-order valence-electron chi connectivity index (χ0n) is 9.62. The smallest absolute Gasteiger partial charge is 0.266 e. The maximum atomic E-state index is 13.2. The van der Waals surface area contributed by atoms with Crippen LogP contribution >= 0.6 is 0 Å². The van der Waals surface area contributed by atoms with Crippen LogP contribution in [0.3, 0.4) is 0 Å². The van der Waals surface area contributed by atoms with Gasteiger partial charge in [-0.2, -0.15) is 5.10 Å². The van der Waals surface area contributed by atoms with E-state index in [1.54, 1.807) is 12.1 Å². The van der Waals surface area contributed by atoms with Gasteiger partial charge in [-0.05, 0) is 18.2 Å². The molecule has 0 spiro atoms. The van der Waals surface area contributed by atoms with Crippen molar-refractivity contribution in [3.63, 3.8) is 0 Å². The first kappa shape index (κ1) is 11.3. The summed E-state index contributed by atoms with van der Waals surface area (Å²) in [5.74, 6) is 0.0511. The summed E-state index contributed by atoms with van der Waals surface area (Å²) < 4.78 is 14.7. The van der Waals surface area contributed by atoms with Gasteiger partial charge in [-0.1, -0.05) is 6.07 Å². The molecule has 1 N–H and O–H groups in total. The van der Waals surface area contributed by atoms with Crippen LogP contribution in [0.15, 0.2) is 47.8 Å². The lowest BCUT2D eigenvalue weighted by atomic mass is 10.3. The van der Waals surface area contributed by atoms with Gasteiger partial charge in [0.25, 0.3) is 5.56 Å². The third-order valence-corrected chi connectivity index (χ3v) is 2.50. The number of nitrogens with one attached hydrogen (secondary N) is 1. The Hall–Kier alpha value is -2.83. The van der Waals surface area contributed by atoms with Crippen LogP contribution in [0.5, 0.6) is 0 Å². The fourth-order valence-corrected chi connectivity index (χ4v) is 1.68. The predicted molar refractivity (Wildman–Crippen MR) is 65.2 cm³/mol. The Bertz CT molecular complexity index is 759. The molecule has 2 aromatic heterocycles. The highest BCUT2D eigenvalue weighted by atomic mass is 19.1. The number of nitrogens with zero attached hydrogens (tertiary/aromatic N) is 4. The van der Waals surface area contributed by atoms with Crippen LogP contribution in [0.1, 0.15) is 0 Å². The van der Waals surface area contributed by atoms with Crippen molar-refractivity contribution in [2.24, 2.45) is 0 Å². The number of aromatic nitrogens is 5. The van der Waals surface area contributed by atoms with Crippen LogP contribution in [-0.4, -0.2) is 24.7 Å². The first-order valence-corrected chi connectivity index (χ1v) is 5.45. The summed E-state index contributed by atoms with van der Waals surface area (Å²) in [5.41, 5.74) is 0.669. The van der Waals surface area contributed by atoms with Gasteiger partial charge in [0.15, 0.2) is 5.82 Å². The van der Waals surface area contributed by atoms with Crippen LogP contribution < -0.4 is 5.56 Å². The van der Waals surface area contributed by atoms with Crippen molar-refractivity contribution in [1.82, 2.24) is 24.7 Å². The second kappa shape index (κ2) is 4.45. The molecule has 2 heterocycles. The SMILES string of the molecule is O=c1cnc(-c2ncnn2-c2cccc(F)c2)c[nH]1. The van der Waals surface area contributed by atoms with E-state index in [1.807, 2.05) is 0 Å². The van der Waals surface area contributed by atoms with E-state index < -0.39 is 0 Å². The van der Waals surface area contributed by atoms with E-state index in [-0.39, 0.29) is 11.4 Å². The second-order valence-electron chi connectivity index (χ2n) is 3.77. The Morgan fingerprint density at radius 3 is 2.89 bits per heavy atom. The zero-order valence-corrected chi connectivity index (χ0v) is 9.62. The molecule has 0 amide bonds. The van der Waals surface area contributed by atoms with Crippen LogP contribution in [0.4, 0.5) is 4.39 Å². The molecular weight excluding hydrogens is 249 g/mol. The topological polar surface area (TPSA) is 76.5 Å². The van der Waals surface area contributed by atoms with Crippen LogP contribution in [0, 0.1) is 5.82 Å². The normalized spacial score (nSPS) is 10.6. The second-order valence-corrected chi connectivity index (χ2v) is 3.77. The molecule has 0 radical (unpaired) electrons. The monoisotopic (exact) mass is 257 g/mol. The Morgan fingerprint density at radius 2 is 2.16 bits per heavy atom. The molecule has 0 atom stereocenters. The van der Waals surface area contributed by atoms with Gasteiger partial charge in [-0.3, -0.25) is 4.79 Å². The Labute approximate surface area is 106 Å². The van der Waals surface area contributed by atoms with E-state index in [9.17, 15) is 9.18 Å². The third-order valence-electron chi connectivity index (χ3n) is 2.50. The molecule has 0 aliphatic heterocycles. The average Bonchev–Trinajstić information content (AvgIpc) is 2.89. The van der Waals surface area contributed by atoms with Crippen molar-refractivity contribution in [2.45, 2.75) is 0 Å². The molecule has 0 saturated carbocycles. The van der Waals surface area contributed by atoms with E-state index in [0.29, 0.717) is 17.2 Å². The zero-order chi connectivity index (χ0) is 13.2. The van der Waals surface area contributed by atoms with Crippen molar-refractivity contribution in [1.29, 1.82) is 0 Å². The highest BCUT2D eigenvalue weighted by Gasteiger charge is 2.10. The van der Waals surface area contributed by atoms with Gasteiger partial charge in [0.05, 0.1) is 11.9 Å². The maximum Gasteiger partial charge on any atom is 0.266 e. The molecule has 0 unspecified atom stereocenters. The van der Waals surface area contributed by atoms with Gasteiger partial charge in [-0.15, -0.1) is 0 Å². The summed E-state index contributed by atoms with van der Waals surface area (Å²) in [5, 5.41) is 4.03. The van der Waals surface area contributed by atoms with Crippen molar-refractivity contribution in [3.05, 3.63) is 59.2 Å². The number of H-pyrrole nitrogens is 1. The maximum absolute atomic E-state index is 13.2. The van der Waals surface area contributed by atoms with Crippen molar-refractivity contribution >= 4 is 0 Å². The van der Waals surface area contributed by atoms with Crippen molar-refractivity contribution in [2.75, 3.05) is 0 Å². The molecule has 94 valence electrons. The van der Waals surface area contributed by atoms with Gasteiger partial charge < -0.3 is 4.98 Å². The Kier molecular flexibility index (Phi) is 2.64. The molecule has 0 aliphatic carbocycles. The summed E-state index contributed by atoms with van der Waals surface area (Å²) in [4.78, 5) is 21.5. The number of hydrogen-bond donors (Lipinski definition) is 1. The molecule has 19 heavy (non-hydrogen) atoms.